The Morgan fingerprint density at radius 1 is 1.21 bits per heavy atom. The van der Waals surface area contributed by atoms with Crippen molar-refractivity contribution in [3.05, 3.63) is 24.3 Å². The predicted octanol–water partition coefficient (Wildman–Crippen LogP) is 0.872. The van der Waals surface area contributed by atoms with Crippen LogP contribution in [0.5, 0.6) is 0 Å². The zero-order valence-corrected chi connectivity index (χ0v) is 10.5. The largest absolute Gasteiger partial charge is 0.326 e. The average Bonchev–Trinajstić information content (AvgIpc) is 2.72. The number of para-hydroxylation sites is 2. The molecule has 2 amide bonds. The Bertz CT molecular complexity index is 733. The summed E-state index contributed by atoms with van der Waals surface area (Å²) in [5.74, 6) is 0.0550. The van der Waals surface area contributed by atoms with Gasteiger partial charge in [-0.15, -0.1) is 0 Å². The van der Waals surface area contributed by atoms with Crippen molar-refractivity contribution in [3.63, 3.8) is 0 Å². The predicted molar refractivity (Wildman–Crippen MR) is 69.4 cm³/mol. The highest BCUT2D eigenvalue weighted by molar-refractivity contribution is 8.00. The van der Waals surface area contributed by atoms with E-state index in [-0.39, 0.29) is 18.2 Å². The van der Waals surface area contributed by atoms with Crippen LogP contribution in [0.1, 0.15) is 6.42 Å². The van der Waals surface area contributed by atoms with Crippen molar-refractivity contribution in [2.24, 2.45) is 0 Å². The van der Waals surface area contributed by atoms with Crippen molar-refractivity contribution in [3.8, 4) is 0 Å². The normalized spacial score (nSPS) is 21.3. The summed E-state index contributed by atoms with van der Waals surface area (Å²) in [6, 6.07) is 7.50. The fourth-order valence-corrected chi connectivity index (χ4v) is 3.36. The van der Waals surface area contributed by atoms with E-state index in [4.69, 9.17) is 0 Å². The van der Waals surface area contributed by atoms with Crippen LogP contribution in [0.4, 0.5) is 5.82 Å². The van der Waals surface area contributed by atoms with E-state index < -0.39 is 5.50 Å². The molecule has 4 rings (SSSR count). The average molecular weight is 272 g/mol. The van der Waals surface area contributed by atoms with E-state index in [1.54, 1.807) is 0 Å². The summed E-state index contributed by atoms with van der Waals surface area (Å²) in [5, 5.41) is 3.44. The third-order valence-corrected chi connectivity index (χ3v) is 4.12. The van der Waals surface area contributed by atoms with Gasteiger partial charge in [-0.1, -0.05) is 23.9 Å². The second kappa shape index (κ2) is 3.67. The van der Waals surface area contributed by atoms with Crippen molar-refractivity contribution in [1.29, 1.82) is 0 Å². The molecule has 19 heavy (non-hydrogen) atoms. The first-order valence-corrected chi connectivity index (χ1v) is 6.65. The molecule has 0 aliphatic carbocycles. The molecular weight excluding hydrogens is 264 g/mol. The van der Waals surface area contributed by atoms with Gasteiger partial charge in [-0.3, -0.25) is 14.5 Å². The third-order valence-electron chi connectivity index (χ3n) is 3.07. The van der Waals surface area contributed by atoms with Crippen molar-refractivity contribution < 1.29 is 9.59 Å². The van der Waals surface area contributed by atoms with Gasteiger partial charge in [0.25, 0.3) is 0 Å². The summed E-state index contributed by atoms with van der Waals surface area (Å²) in [6.07, 6.45) is -0.134. The molecule has 2 aromatic rings. The first-order valence-electron chi connectivity index (χ1n) is 5.77. The topological polar surface area (TPSA) is 75.2 Å². The van der Waals surface area contributed by atoms with Crippen molar-refractivity contribution in [1.82, 2.24) is 15.3 Å². The van der Waals surface area contributed by atoms with E-state index in [1.807, 2.05) is 24.3 Å². The number of thioether (sulfide) groups is 1. The van der Waals surface area contributed by atoms with Crippen LogP contribution in [0, 0.1) is 0 Å². The molecule has 1 fully saturated rings. The number of hydrogen-bond acceptors (Lipinski definition) is 5. The molecule has 94 valence electrons. The third kappa shape index (κ3) is 1.51. The van der Waals surface area contributed by atoms with Gasteiger partial charge in [-0.25, -0.2) is 9.97 Å². The summed E-state index contributed by atoms with van der Waals surface area (Å²) in [4.78, 5) is 33.9. The lowest BCUT2D eigenvalue weighted by atomic mass is 10.3. The van der Waals surface area contributed by atoms with Crippen LogP contribution < -0.4 is 10.2 Å². The van der Waals surface area contributed by atoms with Crippen LogP contribution in [-0.4, -0.2) is 27.3 Å². The molecular formula is C12H8N4O2S. The minimum absolute atomic E-state index is 0.134. The fraction of sp³-hybridized carbons (Fsp3) is 0.167. The van der Waals surface area contributed by atoms with Crippen molar-refractivity contribution in [2.75, 3.05) is 4.90 Å². The number of carbonyl (C=O) groups is 2. The molecule has 0 bridgehead atoms. The van der Waals surface area contributed by atoms with Crippen LogP contribution in [0.25, 0.3) is 11.0 Å². The van der Waals surface area contributed by atoms with Gasteiger partial charge >= 0.3 is 0 Å². The molecule has 7 heteroatoms. The summed E-state index contributed by atoms with van der Waals surface area (Å²) in [7, 11) is 0. The first kappa shape index (κ1) is 10.7. The van der Waals surface area contributed by atoms with Gasteiger partial charge in [0.05, 0.1) is 11.0 Å². The van der Waals surface area contributed by atoms with Crippen LogP contribution in [0.15, 0.2) is 29.3 Å². The van der Waals surface area contributed by atoms with Crippen LogP contribution in [-0.2, 0) is 9.59 Å². The Morgan fingerprint density at radius 3 is 2.74 bits per heavy atom. The zero-order chi connectivity index (χ0) is 13.0. The Balaban J connectivity index is 1.89. The second-order valence-electron chi connectivity index (χ2n) is 4.32. The number of rotatable bonds is 0. The lowest BCUT2D eigenvalue weighted by molar-refractivity contribution is -0.130. The maximum absolute atomic E-state index is 12.0. The first-order chi connectivity index (χ1) is 9.22. The quantitative estimate of drug-likeness (QED) is 0.720. The van der Waals surface area contributed by atoms with Gasteiger partial charge in [0.1, 0.15) is 11.4 Å². The van der Waals surface area contributed by atoms with Gasteiger partial charge in [0, 0.05) is 0 Å². The molecule has 1 N–H and O–H groups in total. The van der Waals surface area contributed by atoms with E-state index in [1.165, 1.54) is 16.7 Å². The number of fused-ring (bicyclic) bond motifs is 4. The Kier molecular flexibility index (Phi) is 2.08. The van der Waals surface area contributed by atoms with Crippen LogP contribution in [0.3, 0.4) is 0 Å². The highest BCUT2D eigenvalue weighted by Gasteiger charge is 2.42. The SMILES string of the molecule is O=C1CC(=O)N2c3nc4ccccc4nc3SC2N1. The van der Waals surface area contributed by atoms with Crippen LogP contribution >= 0.6 is 11.8 Å². The number of amides is 2. The number of nitrogens with one attached hydrogen (secondary N) is 1. The van der Waals surface area contributed by atoms with Gasteiger partial charge < -0.3 is 5.32 Å². The smallest absolute Gasteiger partial charge is 0.240 e. The maximum atomic E-state index is 12.0. The van der Waals surface area contributed by atoms with Crippen molar-refractivity contribution in [2.45, 2.75) is 16.9 Å². The molecule has 2 aliphatic rings. The number of nitrogens with zero attached hydrogens (tertiary/aromatic N) is 3. The number of aromatic nitrogens is 2. The lowest BCUT2D eigenvalue weighted by Gasteiger charge is -2.28. The zero-order valence-electron chi connectivity index (χ0n) is 9.66. The monoisotopic (exact) mass is 272 g/mol. The van der Waals surface area contributed by atoms with E-state index in [0.29, 0.717) is 10.8 Å². The van der Waals surface area contributed by atoms with Gasteiger partial charge in [0.15, 0.2) is 11.3 Å². The summed E-state index contributed by atoms with van der Waals surface area (Å²) < 4.78 is 0. The number of carbonyl (C=O) groups excluding carboxylic acids is 2. The number of benzene rings is 1. The van der Waals surface area contributed by atoms with E-state index in [2.05, 4.69) is 15.3 Å². The summed E-state index contributed by atoms with van der Waals surface area (Å²) in [5.41, 5.74) is 1.11. The Labute approximate surface area is 112 Å². The minimum Gasteiger partial charge on any atom is -0.326 e. The molecule has 3 heterocycles. The molecule has 1 unspecified atom stereocenters. The molecule has 6 nitrogen and oxygen atoms in total. The van der Waals surface area contributed by atoms with Gasteiger partial charge in [-0.05, 0) is 12.1 Å². The summed E-state index contributed by atoms with van der Waals surface area (Å²) in [6.45, 7) is 0. The highest BCUT2D eigenvalue weighted by Crippen LogP contribution is 2.41. The summed E-state index contributed by atoms with van der Waals surface area (Å²) >= 11 is 1.34. The lowest BCUT2D eigenvalue weighted by Crippen LogP contribution is -2.53. The van der Waals surface area contributed by atoms with Crippen LogP contribution in [0.2, 0.25) is 0 Å². The van der Waals surface area contributed by atoms with Gasteiger partial charge in [0.2, 0.25) is 11.8 Å². The van der Waals surface area contributed by atoms with E-state index in [9.17, 15) is 9.59 Å². The molecule has 0 radical (unpaired) electrons. The molecule has 1 aromatic heterocycles. The van der Waals surface area contributed by atoms with Crippen molar-refractivity contribution >= 4 is 40.4 Å². The second-order valence-corrected chi connectivity index (χ2v) is 5.39. The number of anilines is 1. The Morgan fingerprint density at radius 2 is 1.95 bits per heavy atom. The Hall–Kier alpha value is -2.15. The molecule has 2 aliphatic heterocycles. The highest BCUT2D eigenvalue weighted by atomic mass is 32.2. The molecule has 1 atom stereocenters. The fourth-order valence-electron chi connectivity index (χ4n) is 2.23. The minimum atomic E-state index is -0.416. The molecule has 1 aromatic carbocycles. The number of hydrogen-bond donors (Lipinski definition) is 1. The maximum Gasteiger partial charge on any atom is 0.240 e. The standard InChI is InChI=1S/C12H8N4O2S/c17-8-5-9(18)16-10-11(19-12(16)15-8)14-7-4-2-1-3-6(7)13-10/h1-4,12H,5H2,(H,15,17). The van der Waals surface area contributed by atoms with E-state index >= 15 is 0 Å². The molecule has 1 saturated heterocycles. The van der Waals surface area contributed by atoms with Gasteiger partial charge in [-0.2, -0.15) is 0 Å². The van der Waals surface area contributed by atoms with E-state index in [0.717, 1.165) is 11.0 Å². The molecule has 0 spiro atoms. The molecule has 0 saturated carbocycles.